The van der Waals surface area contributed by atoms with Gasteiger partial charge in [-0.2, -0.15) is 0 Å². The lowest BCUT2D eigenvalue weighted by Gasteiger charge is -2.27. The third kappa shape index (κ3) is 4.26. The molecular formula is C20H22N2O4S. The standard InChI is InChI=1S/C20H22N2O4S/c1-13(23)26-18-19(14-7-9-15(24)10-8-14)27-17-6-4-3-5-16(17)22(20(18)25)12-11-21-2/h3-10,18-19,21,24H,11-12H2,1-2H3. The number of carbonyl (C=O) groups is 2. The SMILES string of the molecule is CNCCN1C(=O)C(OC(C)=O)C(c2ccc(O)cc2)Sc2ccccc21. The topological polar surface area (TPSA) is 78.9 Å². The molecule has 0 radical (unpaired) electrons. The van der Waals surface area contributed by atoms with Crippen LogP contribution in [0.2, 0.25) is 0 Å². The lowest BCUT2D eigenvalue weighted by molar-refractivity contribution is -0.152. The van der Waals surface area contributed by atoms with E-state index in [2.05, 4.69) is 5.32 Å². The first-order valence-corrected chi connectivity index (χ1v) is 9.57. The highest BCUT2D eigenvalue weighted by atomic mass is 32.2. The van der Waals surface area contributed by atoms with Gasteiger partial charge >= 0.3 is 5.97 Å². The van der Waals surface area contributed by atoms with Crippen LogP contribution in [0, 0.1) is 0 Å². The summed E-state index contributed by atoms with van der Waals surface area (Å²) >= 11 is 1.49. The summed E-state index contributed by atoms with van der Waals surface area (Å²) in [5.74, 6) is -0.614. The molecule has 1 aliphatic heterocycles. The molecule has 142 valence electrons. The number of phenolic OH excluding ortho intramolecular Hbond substituents is 1. The van der Waals surface area contributed by atoms with Gasteiger partial charge in [0.25, 0.3) is 5.91 Å². The van der Waals surface area contributed by atoms with Gasteiger partial charge in [-0.05, 0) is 36.9 Å². The Bertz CT molecular complexity index is 825. The van der Waals surface area contributed by atoms with Gasteiger partial charge in [0, 0.05) is 24.9 Å². The number of fused-ring (bicyclic) bond motifs is 1. The molecule has 0 bridgehead atoms. The fourth-order valence-electron chi connectivity index (χ4n) is 3.03. The van der Waals surface area contributed by atoms with Crippen molar-refractivity contribution in [1.82, 2.24) is 5.32 Å². The van der Waals surface area contributed by atoms with Crippen LogP contribution in [0.1, 0.15) is 17.7 Å². The van der Waals surface area contributed by atoms with Gasteiger partial charge in [0.1, 0.15) is 5.75 Å². The zero-order chi connectivity index (χ0) is 19.4. The van der Waals surface area contributed by atoms with Gasteiger partial charge in [0.15, 0.2) is 6.10 Å². The van der Waals surface area contributed by atoms with E-state index in [1.54, 1.807) is 29.2 Å². The molecular weight excluding hydrogens is 364 g/mol. The maximum absolute atomic E-state index is 13.4. The first-order chi connectivity index (χ1) is 13.0. The summed E-state index contributed by atoms with van der Waals surface area (Å²) in [7, 11) is 1.83. The van der Waals surface area contributed by atoms with Crippen LogP contribution in [-0.2, 0) is 14.3 Å². The molecule has 1 amide bonds. The molecule has 3 rings (SSSR count). The normalized spacial score (nSPS) is 19.3. The Morgan fingerprint density at radius 2 is 1.93 bits per heavy atom. The maximum Gasteiger partial charge on any atom is 0.303 e. The highest BCUT2D eigenvalue weighted by molar-refractivity contribution is 7.99. The summed E-state index contributed by atoms with van der Waals surface area (Å²) in [5, 5.41) is 12.2. The number of anilines is 1. The van der Waals surface area contributed by atoms with Crippen LogP contribution in [0.25, 0.3) is 0 Å². The summed E-state index contributed by atoms with van der Waals surface area (Å²) in [6.45, 7) is 2.39. The maximum atomic E-state index is 13.4. The van der Waals surface area contributed by atoms with E-state index in [9.17, 15) is 14.7 Å². The van der Waals surface area contributed by atoms with E-state index in [0.29, 0.717) is 13.1 Å². The van der Waals surface area contributed by atoms with Crippen LogP contribution in [0.5, 0.6) is 5.75 Å². The highest BCUT2D eigenvalue weighted by Crippen LogP contribution is 2.46. The second-order valence-electron chi connectivity index (χ2n) is 6.22. The minimum atomic E-state index is -0.957. The van der Waals surface area contributed by atoms with Crippen molar-refractivity contribution in [2.24, 2.45) is 0 Å². The number of amides is 1. The fourth-order valence-corrected chi connectivity index (χ4v) is 4.35. The second kappa shape index (κ2) is 8.45. The molecule has 1 aliphatic rings. The number of nitrogens with one attached hydrogen (secondary N) is 1. The van der Waals surface area contributed by atoms with Crippen molar-refractivity contribution in [3.8, 4) is 5.75 Å². The average molecular weight is 386 g/mol. The van der Waals surface area contributed by atoms with Gasteiger partial charge < -0.3 is 20.1 Å². The summed E-state index contributed by atoms with van der Waals surface area (Å²) in [6, 6.07) is 14.3. The van der Waals surface area contributed by atoms with Crippen molar-refractivity contribution in [2.45, 2.75) is 23.2 Å². The molecule has 0 saturated carbocycles. The Morgan fingerprint density at radius 1 is 1.22 bits per heavy atom. The van der Waals surface area contributed by atoms with Crippen molar-refractivity contribution >= 4 is 29.3 Å². The highest BCUT2D eigenvalue weighted by Gasteiger charge is 2.40. The molecule has 2 aromatic rings. The molecule has 0 aromatic heterocycles. The molecule has 6 nitrogen and oxygen atoms in total. The zero-order valence-corrected chi connectivity index (χ0v) is 16.0. The van der Waals surface area contributed by atoms with E-state index in [1.165, 1.54) is 18.7 Å². The third-order valence-electron chi connectivity index (χ3n) is 4.29. The van der Waals surface area contributed by atoms with Crippen LogP contribution in [-0.4, -0.2) is 43.2 Å². The molecule has 1 heterocycles. The quantitative estimate of drug-likeness (QED) is 0.770. The number of carbonyl (C=O) groups excluding carboxylic acids is 2. The largest absolute Gasteiger partial charge is 0.508 e. The number of para-hydroxylation sites is 1. The van der Waals surface area contributed by atoms with E-state index in [1.807, 2.05) is 31.3 Å². The van der Waals surface area contributed by atoms with Crippen molar-refractivity contribution in [1.29, 1.82) is 0 Å². The fraction of sp³-hybridized carbons (Fsp3) is 0.300. The third-order valence-corrected chi connectivity index (χ3v) is 5.67. The lowest BCUT2D eigenvalue weighted by atomic mass is 10.1. The van der Waals surface area contributed by atoms with Gasteiger partial charge in [-0.3, -0.25) is 9.59 Å². The number of nitrogens with zero attached hydrogens (tertiary/aromatic N) is 1. The van der Waals surface area contributed by atoms with Gasteiger partial charge in [0.05, 0.1) is 10.9 Å². The predicted octanol–water partition coefficient (Wildman–Crippen LogP) is 2.72. The number of benzene rings is 2. The monoisotopic (exact) mass is 386 g/mol. The number of ether oxygens (including phenoxy) is 1. The molecule has 0 spiro atoms. The number of likely N-dealkylation sites (N-methyl/N-ethyl adjacent to an activating group) is 1. The first-order valence-electron chi connectivity index (χ1n) is 8.69. The van der Waals surface area contributed by atoms with Crippen molar-refractivity contribution in [2.75, 3.05) is 25.0 Å². The molecule has 2 N–H and O–H groups in total. The number of aromatic hydroxyl groups is 1. The van der Waals surface area contributed by atoms with Crippen LogP contribution < -0.4 is 10.2 Å². The van der Waals surface area contributed by atoms with Gasteiger partial charge in [-0.1, -0.05) is 24.3 Å². The number of esters is 1. The number of hydrogen-bond donors (Lipinski definition) is 2. The van der Waals surface area contributed by atoms with Gasteiger partial charge in [-0.15, -0.1) is 11.8 Å². The van der Waals surface area contributed by atoms with E-state index in [-0.39, 0.29) is 11.7 Å². The molecule has 2 aromatic carbocycles. The van der Waals surface area contributed by atoms with Crippen LogP contribution in [0.4, 0.5) is 5.69 Å². The number of hydrogen-bond acceptors (Lipinski definition) is 6. The molecule has 2 unspecified atom stereocenters. The number of thioether (sulfide) groups is 1. The van der Waals surface area contributed by atoms with E-state index < -0.39 is 17.3 Å². The summed E-state index contributed by atoms with van der Waals surface area (Å²) < 4.78 is 5.49. The van der Waals surface area contributed by atoms with E-state index in [0.717, 1.165) is 16.1 Å². The van der Waals surface area contributed by atoms with Crippen LogP contribution in [0.3, 0.4) is 0 Å². The van der Waals surface area contributed by atoms with Crippen molar-refractivity contribution in [3.63, 3.8) is 0 Å². The molecule has 0 aliphatic carbocycles. The Kier molecular flexibility index (Phi) is 6.03. The van der Waals surface area contributed by atoms with Crippen LogP contribution >= 0.6 is 11.8 Å². The Labute approximate surface area is 162 Å². The smallest absolute Gasteiger partial charge is 0.303 e. The zero-order valence-electron chi connectivity index (χ0n) is 15.2. The Balaban J connectivity index is 2.08. The van der Waals surface area contributed by atoms with E-state index in [4.69, 9.17) is 4.74 Å². The number of phenols is 1. The van der Waals surface area contributed by atoms with Crippen LogP contribution in [0.15, 0.2) is 53.4 Å². The molecule has 27 heavy (non-hydrogen) atoms. The lowest BCUT2D eigenvalue weighted by Crippen LogP contribution is -2.45. The number of rotatable bonds is 5. The summed E-state index contributed by atoms with van der Waals surface area (Å²) in [4.78, 5) is 27.7. The minimum Gasteiger partial charge on any atom is -0.508 e. The average Bonchev–Trinajstić information content (AvgIpc) is 2.76. The first kappa shape index (κ1) is 19.3. The Morgan fingerprint density at radius 3 is 2.59 bits per heavy atom. The molecule has 7 heteroatoms. The Hall–Kier alpha value is -2.51. The van der Waals surface area contributed by atoms with E-state index >= 15 is 0 Å². The van der Waals surface area contributed by atoms with Gasteiger partial charge in [0.2, 0.25) is 0 Å². The second-order valence-corrected chi connectivity index (χ2v) is 7.40. The molecule has 0 fully saturated rings. The predicted molar refractivity (Wildman–Crippen MR) is 105 cm³/mol. The molecule has 0 saturated heterocycles. The minimum absolute atomic E-state index is 0.142. The summed E-state index contributed by atoms with van der Waals surface area (Å²) in [5.41, 5.74) is 1.61. The summed E-state index contributed by atoms with van der Waals surface area (Å²) in [6.07, 6.45) is -0.957. The van der Waals surface area contributed by atoms with Gasteiger partial charge in [-0.25, -0.2) is 0 Å². The molecule has 2 atom stereocenters. The van der Waals surface area contributed by atoms with Crippen molar-refractivity contribution < 1.29 is 19.4 Å². The van der Waals surface area contributed by atoms with Crippen molar-refractivity contribution in [3.05, 3.63) is 54.1 Å².